The van der Waals surface area contributed by atoms with Gasteiger partial charge < -0.3 is 14.5 Å². The van der Waals surface area contributed by atoms with E-state index in [-0.39, 0.29) is 12.0 Å². The van der Waals surface area contributed by atoms with Gasteiger partial charge in [0.25, 0.3) is 5.91 Å². The highest BCUT2D eigenvalue weighted by Crippen LogP contribution is 2.23. The van der Waals surface area contributed by atoms with Gasteiger partial charge in [0.15, 0.2) is 5.65 Å². The van der Waals surface area contributed by atoms with Gasteiger partial charge in [-0.05, 0) is 68.6 Å². The molecule has 0 radical (unpaired) electrons. The van der Waals surface area contributed by atoms with Gasteiger partial charge >= 0.3 is 6.09 Å². The molecule has 0 N–H and O–H groups in total. The lowest BCUT2D eigenvalue weighted by molar-refractivity contribution is 0.0255. The third-order valence-corrected chi connectivity index (χ3v) is 5.21. The summed E-state index contributed by atoms with van der Waals surface area (Å²) in [4.78, 5) is 33.7. The number of halogens is 1. The van der Waals surface area contributed by atoms with Crippen molar-refractivity contribution in [2.24, 2.45) is 0 Å². The second-order valence-electron chi connectivity index (χ2n) is 8.22. The molecule has 28 heavy (non-hydrogen) atoms. The van der Waals surface area contributed by atoms with E-state index in [1.165, 1.54) is 0 Å². The first kappa shape index (κ1) is 20.6. The zero-order valence-corrected chi connectivity index (χ0v) is 18.7. The molecule has 0 saturated carbocycles. The van der Waals surface area contributed by atoms with Crippen LogP contribution in [0.3, 0.4) is 0 Å². The normalized spacial score (nSPS) is 15.6. The maximum atomic E-state index is 13.3. The molecular weight excluding hydrogens is 424 g/mol. The molecule has 0 unspecified atom stereocenters. The molecule has 152 valence electrons. The number of aromatic nitrogens is 2. The molecule has 7 nitrogen and oxygen atoms in total. The summed E-state index contributed by atoms with van der Waals surface area (Å²) < 4.78 is 8.19. The maximum absolute atomic E-state index is 13.3. The summed E-state index contributed by atoms with van der Waals surface area (Å²) in [6.45, 7) is 11.5. The molecule has 0 aliphatic carbocycles. The summed E-state index contributed by atoms with van der Waals surface area (Å²) in [5, 5.41) is 0. The van der Waals surface area contributed by atoms with E-state index >= 15 is 0 Å². The summed E-state index contributed by atoms with van der Waals surface area (Å²) >= 11 is 3.53. The topological polar surface area (TPSA) is 67.2 Å². The number of imidazole rings is 1. The molecule has 3 heterocycles. The van der Waals surface area contributed by atoms with Crippen LogP contribution in [0.5, 0.6) is 0 Å². The molecule has 2 amide bonds. The summed E-state index contributed by atoms with van der Waals surface area (Å²) in [6, 6.07) is 1.99. The number of aryl methyl sites for hydroxylation is 2. The second kappa shape index (κ2) is 7.73. The van der Waals surface area contributed by atoms with Gasteiger partial charge in [0, 0.05) is 32.4 Å². The van der Waals surface area contributed by atoms with Crippen LogP contribution < -0.4 is 0 Å². The lowest BCUT2D eigenvalue weighted by Crippen LogP contribution is -2.40. The minimum Gasteiger partial charge on any atom is -0.444 e. The lowest BCUT2D eigenvalue weighted by atomic mass is 10.2. The Hall–Kier alpha value is -2.09. The minimum absolute atomic E-state index is 0.0615. The van der Waals surface area contributed by atoms with E-state index in [1.54, 1.807) is 9.80 Å². The minimum atomic E-state index is -0.530. The first-order valence-corrected chi connectivity index (χ1v) is 10.3. The molecule has 1 aliphatic heterocycles. The van der Waals surface area contributed by atoms with Crippen LogP contribution in [0.15, 0.2) is 16.7 Å². The molecule has 3 rings (SSSR count). The first-order valence-electron chi connectivity index (χ1n) is 9.49. The van der Waals surface area contributed by atoms with Gasteiger partial charge in [-0.1, -0.05) is 0 Å². The number of carbonyl (C=O) groups is 2. The molecule has 0 spiro atoms. The van der Waals surface area contributed by atoms with Crippen molar-refractivity contribution >= 4 is 33.6 Å². The molecule has 8 heteroatoms. The second-order valence-corrected chi connectivity index (χ2v) is 9.07. The Morgan fingerprint density at radius 3 is 2.43 bits per heavy atom. The van der Waals surface area contributed by atoms with Gasteiger partial charge in [0.1, 0.15) is 11.3 Å². The van der Waals surface area contributed by atoms with Crippen molar-refractivity contribution < 1.29 is 14.3 Å². The Bertz CT molecular complexity index is 916. The van der Waals surface area contributed by atoms with E-state index in [0.717, 1.165) is 15.7 Å². The molecule has 0 bridgehead atoms. The maximum Gasteiger partial charge on any atom is 0.410 e. The fourth-order valence-electron chi connectivity index (χ4n) is 3.38. The van der Waals surface area contributed by atoms with Crippen molar-refractivity contribution in [1.82, 2.24) is 19.2 Å². The van der Waals surface area contributed by atoms with Crippen LogP contribution in [0.2, 0.25) is 0 Å². The average molecular weight is 451 g/mol. The first-order chi connectivity index (χ1) is 13.1. The number of fused-ring (bicyclic) bond motifs is 1. The van der Waals surface area contributed by atoms with Gasteiger partial charge in [-0.25, -0.2) is 9.78 Å². The van der Waals surface area contributed by atoms with Gasteiger partial charge in [0.05, 0.1) is 10.2 Å². The predicted molar refractivity (Wildman–Crippen MR) is 111 cm³/mol. The molecule has 1 aliphatic rings. The average Bonchev–Trinajstić information content (AvgIpc) is 2.76. The molecular formula is C20H27BrN4O3. The highest BCUT2D eigenvalue weighted by Gasteiger charge is 2.28. The van der Waals surface area contributed by atoms with E-state index < -0.39 is 5.60 Å². The lowest BCUT2D eigenvalue weighted by Gasteiger charge is -2.26. The summed E-state index contributed by atoms with van der Waals surface area (Å²) in [5.74, 6) is -0.0615. The number of pyridine rings is 1. The molecule has 0 atom stereocenters. The standard InChI is InChI=1S/C20H27BrN4O3/c1-13-11-15(21)17-22-14(2)16(25(17)12-13)18(26)23-7-6-8-24(10-9-23)19(27)28-20(3,4)5/h11-12H,6-10H2,1-5H3. The zero-order valence-electron chi connectivity index (χ0n) is 17.1. The van der Waals surface area contributed by atoms with Gasteiger partial charge in [-0.15, -0.1) is 0 Å². The molecule has 2 aromatic rings. The van der Waals surface area contributed by atoms with Crippen LogP contribution in [-0.2, 0) is 4.74 Å². The Morgan fingerprint density at radius 2 is 1.75 bits per heavy atom. The summed E-state index contributed by atoms with van der Waals surface area (Å²) in [5.41, 5.74) is 2.52. The van der Waals surface area contributed by atoms with E-state index in [0.29, 0.717) is 44.0 Å². The van der Waals surface area contributed by atoms with E-state index in [1.807, 2.05) is 51.3 Å². The van der Waals surface area contributed by atoms with Crippen LogP contribution >= 0.6 is 15.9 Å². The van der Waals surface area contributed by atoms with Crippen molar-refractivity contribution in [3.05, 3.63) is 33.7 Å². The van der Waals surface area contributed by atoms with Crippen LogP contribution in [0.25, 0.3) is 5.65 Å². The van der Waals surface area contributed by atoms with E-state index in [2.05, 4.69) is 20.9 Å². The van der Waals surface area contributed by atoms with Gasteiger partial charge in [-0.2, -0.15) is 0 Å². The van der Waals surface area contributed by atoms with Gasteiger partial charge in [0.2, 0.25) is 0 Å². The van der Waals surface area contributed by atoms with E-state index in [9.17, 15) is 9.59 Å². The number of hydrogen-bond acceptors (Lipinski definition) is 4. The summed E-state index contributed by atoms with van der Waals surface area (Å²) in [6.07, 6.45) is 2.31. The number of nitrogens with zero attached hydrogens (tertiary/aromatic N) is 4. The fourth-order valence-corrected chi connectivity index (χ4v) is 4.02. The SMILES string of the molecule is Cc1cc(Br)c2nc(C)c(C(=O)N3CCCN(C(=O)OC(C)(C)C)CC3)n2c1. The van der Waals surface area contributed by atoms with Crippen molar-refractivity contribution in [3.63, 3.8) is 0 Å². The van der Waals surface area contributed by atoms with Gasteiger partial charge in [-0.3, -0.25) is 9.20 Å². The predicted octanol–water partition coefficient (Wildman–Crippen LogP) is 3.80. The number of ether oxygens (including phenoxy) is 1. The Morgan fingerprint density at radius 1 is 1.11 bits per heavy atom. The van der Waals surface area contributed by atoms with Crippen molar-refractivity contribution in [2.75, 3.05) is 26.2 Å². The fraction of sp³-hybridized carbons (Fsp3) is 0.550. The number of carbonyl (C=O) groups excluding carboxylic acids is 2. The third kappa shape index (κ3) is 4.32. The number of hydrogen-bond donors (Lipinski definition) is 0. The number of amides is 2. The number of rotatable bonds is 1. The largest absolute Gasteiger partial charge is 0.444 e. The van der Waals surface area contributed by atoms with Crippen LogP contribution in [0, 0.1) is 13.8 Å². The van der Waals surface area contributed by atoms with Crippen LogP contribution in [-0.4, -0.2) is 63.0 Å². The van der Waals surface area contributed by atoms with Crippen LogP contribution in [0.4, 0.5) is 4.79 Å². The van der Waals surface area contributed by atoms with Crippen LogP contribution in [0.1, 0.15) is 48.9 Å². The highest BCUT2D eigenvalue weighted by atomic mass is 79.9. The Kier molecular flexibility index (Phi) is 5.70. The molecule has 2 aromatic heterocycles. The monoisotopic (exact) mass is 450 g/mol. The quantitative estimate of drug-likeness (QED) is 0.662. The molecule has 0 aromatic carbocycles. The molecule has 1 saturated heterocycles. The van der Waals surface area contributed by atoms with E-state index in [4.69, 9.17) is 4.74 Å². The Balaban J connectivity index is 1.80. The Labute approximate surface area is 173 Å². The highest BCUT2D eigenvalue weighted by molar-refractivity contribution is 9.10. The van der Waals surface area contributed by atoms with Crippen molar-refractivity contribution in [3.8, 4) is 0 Å². The zero-order chi connectivity index (χ0) is 20.6. The molecule has 1 fully saturated rings. The summed E-state index contributed by atoms with van der Waals surface area (Å²) in [7, 11) is 0. The van der Waals surface area contributed by atoms with Crippen molar-refractivity contribution in [2.45, 2.75) is 46.6 Å². The third-order valence-electron chi connectivity index (χ3n) is 4.62. The van der Waals surface area contributed by atoms with Crippen molar-refractivity contribution in [1.29, 1.82) is 0 Å². The smallest absolute Gasteiger partial charge is 0.410 e.